The summed E-state index contributed by atoms with van der Waals surface area (Å²) >= 11 is 0. The molecule has 1 atom stereocenters. The van der Waals surface area contributed by atoms with Gasteiger partial charge < -0.3 is 4.42 Å². The molecule has 2 aliphatic rings. The third kappa shape index (κ3) is 3.78. The molecular weight excluding hydrogens is 469 g/mol. The summed E-state index contributed by atoms with van der Waals surface area (Å²) in [4.78, 5) is 0. The van der Waals surface area contributed by atoms with Gasteiger partial charge in [-0.15, -0.1) is 0 Å². The second kappa shape index (κ2) is 9.38. The summed E-state index contributed by atoms with van der Waals surface area (Å²) < 4.78 is 51.8. The first-order valence-electron chi connectivity index (χ1n) is 15.4. The van der Waals surface area contributed by atoms with E-state index in [1.807, 2.05) is 43.6 Å². The van der Waals surface area contributed by atoms with E-state index in [9.17, 15) is 1.37 Å². The van der Waals surface area contributed by atoms with Gasteiger partial charge in [-0.05, 0) is 91.2 Å². The van der Waals surface area contributed by atoms with Crippen molar-refractivity contribution in [2.75, 3.05) is 0 Å². The average molecular weight is 508 g/mol. The first-order chi connectivity index (χ1) is 19.7. The highest BCUT2D eigenvalue weighted by Crippen LogP contribution is 2.46. The Labute approximate surface area is 228 Å². The molecule has 2 aromatic heterocycles. The van der Waals surface area contributed by atoms with Crippen molar-refractivity contribution in [3.8, 4) is 22.4 Å². The number of benzene rings is 3. The first kappa shape index (κ1) is 20.5. The molecule has 5 aromatic rings. The van der Waals surface area contributed by atoms with Crippen LogP contribution in [-0.4, -0.2) is 0 Å². The lowest BCUT2D eigenvalue weighted by Crippen LogP contribution is -2.30. The molecule has 2 aliphatic carbocycles. The van der Waals surface area contributed by atoms with Gasteiger partial charge in [-0.1, -0.05) is 49.6 Å². The molecule has 1 unspecified atom stereocenters. The Bertz CT molecular complexity index is 1820. The summed E-state index contributed by atoms with van der Waals surface area (Å²) in [6.45, 7) is 2.06. The largest absolute Gasteiger partial charge is 0.454 e. The Balaban J connectivity index is 1.44. The Morgan fingerprint density at radius 3 is 2.50 bits per heavy atom. The predicted molar refractivity (Wildman–Crippen MR) is 153 cm³/mol. The molecule has 7 rings (SSSR count). The zero-order valence-electron chi connectivity index (χ0n) is 25.1. The summed E-state index contributed by atoms with van der Waals surface area (Å²) in [5.41, 5.74) is 6.46. The Kier molecular flexibility index (Phi) is 5.06. The summed E-state index contributed by atoms with van der Waals surface area (Å²) in [7, 11) is 2.00. The van der Waals surface area contributed by atoms with Crippen LogP contribution in [0.1, 0.15) is 71.6 Å². The fraction of sp³-hybridized carbons (Fsp3) is 0.343. The number of hydrogen-bond donors (Lipinski definition) is 0. The minimum atomic E-state index is -1.57. The van der Waals surface area contributed by atoms with E-state index in [1.165, 1.54) is 12.5 Å². The van der Waals surface area contributed by atoms with Crippen molar-refractivity contribution < 1.29 is 17.5 Å². The van der Waals surface area contributed by atoms with Crippen molar-refractivity contribution in [2.45, 2.75) is 64.1 Å². The Hall–Kier alpha value is -3.46. The van der Waals surface area contributed by atoms with Gasteiger partial charge in [0.1, 0.15) is 24.0 Å². The van der Waals surface area contributed by atoms with Crippen LogP contribution in [0.15, 0.2) is 71.3 Å². The molecule has 2 nitrogen and oxygen atoms in total. The quantitative estimate of drug-likeness (QED) is 0.222. The van der Waals surface area contributed by atoms with Crippen LogP contribution >= 0.6 is 0 Å². The molecule has 0 aliphatic heterocycles. The second-order valence-corrected chi connectivity index (χ2v) is 11.0. The first-order valence-corrected chi connectivity index (χ1v) is 13.9. The maximum Gasteiger partial charge on any atom is 0.216 e. The van der Waals surface area contributed by atoms with Gasteiger partial charge in [-0.3, -0.25) is 0 Å². The minimum Gasteiger partial charge on any atom is -0.454 e. The molecule has 2 heterocycles. The molecule has 192 valence electrons. The van der Waals surface area contributed by atoms with Crippen LogP contribution in [0, 0.1) is 18.7 Å². The molecule has 1 saturated carbocycles. The van der Waals surface area contributed by atoms with E-state index in [0.29, 0.717) is 40.7 Å². The van der Waals surface area contributed by atoms with Gasteiger partial charge in [0.25, 0.3) is 0 Å². The van der Waals surface area contributed by atoms with Crippen molar-refractivity contribution in [1.29, 1.82) is 0 Å². The van der Waals surface area contributed by atoms with Crippen LogP contribution < -0.4 is 4.57 Å². The number of aryl methyl sites for hydroxylation is 3. The highest BCUT2D eigenvalue weighted by atomic mass is 19.1. The fourth-order valence-electron chi connectivity index (χ4n) is 6.82. The molecule has 38 heavy (non-hydrogen) atoms. The lowest BCUT2D eigenvalue weighted by molar-refractivity contribution is -0.660. The number of fused-ring (bicyclic) bond motifs is 4. The SMILES string of the molecule is [2H]C1([2H])CCC([2H])(C2CCCCC2)c2ccc(-c3c(F)ccc4c3oc3c(-c5cccc[n+]5C)c(C)ccc34)cc21. The van der Waals surface area contributed by atoms with Gasteiger partial charge in [0.05, 0.1) is 11.1 Å². The number of pyridine rings is 1. The van der Waals surface area contributed by atoms with Crippen LogP contribution in [0.25, 0.3) is 44.3 Å². The number of aromatic nitrogens is 1. The van der Waals surface area contributed by atoms with Crippen molar-refractivity contribution >= 4 is 21.9 Å². The van der Waals surface area contributed by atoms with Crippen molar-refractivity contribution in [3.63, 3.8) is 0 Å². The van der Waals surface area contributed by atoms with Crippen LogP contribution in [-0.2, 0) is 13.4 Å². The molecule has 0 N–H and O–H groups in total. The van der Waals surface area contributed by atoms with E-state index in [-0.39, 0.29) is 5.92 Å². The lowest BCUT2D eigenvalue weighted by Gasteiger charge is -2.35. The average Bonchev–Trinajstić information content (AvgIpc) is 3.34. The molecule has 0 saturated heterocycles. The van der Waals surface area contributed by atoms with Gasteiger partial charge in [0.15, 0.2) is 6.20 Å². The molecule has 3 aromatic carbocycles. The third-order valence-electron chi connectivity index (χ3n) is 8.74. The fourth-order valence-corrected chi connectivity index (χ4v) is 6.82. The van der Waals surface area contributed by atoms with E-state index in [1.54, 1.807) is 12.1 Å². The number of hydrogen-bond acceptors (Lipinski definition) is 1. The van der Waals surface area contributed by atoms with Gasteiger partial charge in [0.2, 0.25) is 5.69 Å². The zero-order valence-corrected chi connectivity index (χ0v) is 22.1. The Morgan fingerprint density at radius 2 is 1.68 bits per heavy atom. The molecule has 0 bridgehead atoms. The summed E-state index contributed by atoms with van der Waals surface area (Å²) in [6, 6.07) is 19.0. The van der Waals surface area contributed by atoms with Crippen LogP contribution in [0.3, 0.4) is 0 Å². The van der Waals surface area contributed by atoms with Crippen molar-refractivity contribution in [2.24, 2.45) is 13.0 Å². The number of halogens is 1. The topological polar surface area (TPSA) is 17.0 Å². The van der Waals surface area contributed by atoms with Crippen molar-refractivity contribution in [3.05, 3.63) is 89.4 Å². The van der Waals surface area contributed by atoms with Gasteiger partial charge in [-0.25, -0.2) is 8.96 Å². The normalized spacial score (nSPS) is 22.7. The molecular formula is C35H35FNO+. The second-order valence-electron chi connectivity index (χ2n) is 11.0. The van der Waals surface area contributed by atoms with Gasteiger partial charge in [0, 0.05) is 27.0 Å². The van der Waals surface area contributed by atoms with E-state index in [0.717, 1.165) is 58.8 Å². The van der Waals surface area contributed by atoms with E-state index in [2.05, 4.69) is 23.6 Å². The number of rotatable bonds is 3. The van der Waals surface area contributed by atoms with Crippen LogP contribution in [0.5, 0.6) is 0 Å². The highest BCUT2D eigenvalue weighted by Gasteiger charge is 2.30. The Morgan fingerprint density at radius 1 is 0.895 bits per heavy atom. The van der Waals surface area contributed by atoms with Gasteiger partial charge >= 0.3 is 0 Å². The highest BCUT2D eigenvalue weighted by molar-refractivity contribution is 6.13. The maximum absolute atomic E-state index is 15.8. The third-order valence-corrected chi connectivity index (χ3v) is 8.74. The molecule has 0 spiro atoms. The summed E-state index contributed by atoms with van der Waals surface area (Å²) in [5.74, 6) is -0.976. The van der Waals surface area contributed by atoms with E-state index >= 15 is 4.39 Å². The van der Waals surface area contributed by atoms with Crippen LogP contribution in [0.4, 0.5) is 4.39 Å². The molecule has 1 fully saturated rings. The summed E-state index contributed by atoms with van der Waals surface area (Å²) in [6.07, 6.45) is 6.76. The monoisotopic (exact) mass is 507 g/mol. The van der Waals surface area contributed by atoms with Crippen molar-refractivity contribution in [1.82, 2.24) is 0 Å². The standard InChI is InChI=1S/C35H35FNO/c1-22-14-16-28-29-18-19-30(36)33(35(29)38-34(28)32(22)31-13-6-7-20-37(31)2)25-15-17-27-24(21-25)11-8-12-26(27)23-9-4-3-5-10-23/h6-7,13-21,23,26H,3-5,8-12H2,1-2H3/q+1/i11D2,26D. The van der Waals surface area contributed by atoms with E-state index < -0.39 is 18.1 Å². The van der Waals surface area contributed by atoms with Gasteiger partial charge in [-0.2, -0.15) is 0 Å². The maximum atomic E-state index is 15.8. The summed E-state index contributed by atoms with van der Waals surface area (Å²) in [5, 5.41) is 1.75. The zero-order chi connectivity index (χ0) is 28.5. The smallest absolute Gasteiger partial charge is 0.216 e. The molecule has 0 amide bonds. The molecule has 3 heteroatoms. The van der Waals surface area contributed by atoms with E-state index in [4.69, 9.17) is 7.16 Å². The molecule has 0 radical (unpaired) electrons. The predicted octanol–water partition coefficient (Wildman–Crippen LogP) is 9.19. The lowest BCUT2D eigenvalue weighted by atomic mass is 9.70. The van der Waals surface area contributed by atoms with Crippen LogP contribution in [0.2, 0.25) is 0 Å². The number of furan rings is 1. The minimum absolute atomic E-state index is 0.230. The number of nitrogens with zero attached hydrogens (tertiary/aromatic N) is 1.